The molecule has 3 aromatic heterocycles. The van der Waals surface area contributed by atoms with Gasteiger partial charge in [0.05, 0.1) is 16.4 Å². The third kappa shape index (κ3) is 3.03. The normalized spacial score (nSPS) is 13.8. The Bertz CT molecular complexity index is 2340. The first-order valence-corrected chi connectivity index (χ1v) is 14.8. The number of aromatic nitrogens is 3. The van der Waals surface area contributed by atoms with E-state index in [0.29, 0.717) is 0 Å². The molecule has 9 rings (SSSR count). The minimum atomic E-state index is -0.119. The Morgan fingerprint density at radius 2 is 1.34 bits per heavy atom. The van der Waals surface area contributed by atoms with Crippen molar-refractivity contribution in [2.24, 2.45) is 0 Å². The molecule has 0 unspecified atom stereocenters. The van der Waals surface area contributed by atoms with E-state index in [4.69, 9.17) is 9.97 Å². The van der Waals surface area contributed by atoms with Gasteiger partial charge in [-0.2, -0.15) is 0 Å². The molecule has 0 bridgehead atoms. The highest BCUT2D eigenvalue weighted by Gasteiger charge is 2.38. The average molecular weight is 544 g/mol. The molecule has 8 aromatic rings. The SMILES string of the molecule is CC1(C)c2ccccc2-c2ccc3c(c21)c1ccccc1n3-c1nc(-c2ccccc2)nc2sc3ccccc3c12. The number of hydrogen-bond donors (Lipinski definition) is 0. The fourth-order valence-electron chi connectivity index (χ4n) is 7.04. The van der Waals surface area contributed by atoms with Crippen LogP contribution in [0.5, 0.6) is 0 Å². The Kier molecular flexibility index (Phi) is 4.55. The highest BCUT2D eigenvalue weighted by Crippen LogP contribution is 2.53. The molecule has 0 fully saturated rings. The van der Waals surface area contributed by atoms with E-state index in [0.717, 1.165) is 32.9 Å². The molecule has 0 amide bonds. The first-order valence-electron chi connectivity index (χ1n) is 14.0. The van der Waals surface area contributed by atoms with Gasteiger partial charge in [0.15, 0.2) is 11.6 Å². The molecule has 1 aliphatic rings. The zero-order valence-electron chi connectivity index (χ0n) is 22.7. The fraction of sp³-hybridized carbons (Fsp3) is 0.0811. The quantitative estimate of drug-likeness (QED) is 0.217. The van der Waals surface area contributed by atoms with E-state index >= 15 is 0 Å². The van der Waals surface area contributed by atoms with Crippen molar-refractivity contribution in [3.63, 3.8) is 0 Å². The second kappa shape index (κ2) is 8.12. The van der Waals surface area contributed by atoms with Crippen LogP contribution in [0, 0.1) is 0 Å². The van der Waals surface area contributed by atoms with Crippen LogP contribution in [0.15, 0.2) is 115 Å². The zero-order chi connectivity index (χ0) is 27.3. The highest BCUT2D eigenvalue weighted by atomic mass is 32.1. The monoisotopic (exact) mass is 543 g/mol. The Balaban J connectivity index is 1.47. The number of para-hydroxylation sites is 1. The van der Waals surface area contributed by atoms with E-state index in [1.807, 2.05) is 6.07 Å². The second-order valence-electron chi connectivity index (χ2n) is 11.4. The predicted molar refractivity (Wildman–Crippen MR) is 172 cm³/mol. The number of fused-ring (bicyclic) bond motifs is 10. The number of hydrogen-bond acceptors (Lipinski definition) is 3. The van der Waals surface area contributed by atoms with Crippen LogP contribution >= 0.6 is 11.3 Å². The Hall–Kier alpha value is -4.80. The maximum absolute atomic E-state index is 5.36. The molecule has 3 heterocycles. The lowest BCUT2D eigenvalue weighted by Gasteiger charge is -2.22. The van der Waals surface area contributed by atoms with Gasteiger partial charge in [-0.1, -0.05) is 111 Å². The Morgan fingerprint density at radius 3 is 2.22 bits per heavy atom. The minimum Gasteiger partial charge on any atom is -0.293 e. The van der Waals surface area contributed by atoms with Gasteiger partial charge in [0.25, 0.3) is 0 Å². The van der Waals surface area contributed by atoms with Gasteiger partial charge in [0, 0.05) is 31.8 Å². The molecular formula is C37H25N3S. The first kappa shape index (κ1) is 23.0. The summed E-state index contributed by atoms with van der Waals surface area (Å²) >= 11 is 1.74. The van der Waals surface area contributed by atoms with Gasteiger partial charge in [-0.3, -0.25) is 4.57 Å². The molecule has 0 radical (unpaired) electrons. The summed E-state index contributed by atoms with van der Waals surface area (Å²) in [5.74, 6) is 1.69. The summed E-state index contributed by atoms with van der Waals surface area (Å²) in [7, 11) is 0. The lowest BCUT2D eigenvalue weighted by molar-refractivity contribution is 0.666. The fourth-order valence-corrected chi connectivity index (χ4v) is 8.11. The van der Waals surface area contributed by atoms with E-state index in [1.165, 1.54) is 48.6 Å². The molecule has 0 saturated carbocycles. The molecule has 3 nitrogen and oxygen atoms in total. The van der Waals surface area contributed by atoms with Crippen molar-refractivity contribution in [1.82, 2.24) is 14.5 Å². The van der Waals surface area contributed by atoms with E-state index in [9.17, 15) is 0 Å². The maximum Gasteiger partial charge on any atom is 0.163 e. The molecule has 1 aliphatic carbocycles. The standard InChI is InChI=1S/C37H25N3S/c1-37(2)27-17-9-6-14-23(27)24-20-21-29-31(33(24)37)25-15-7-10-18-28(25)40(29)35-32-26-16-8-11-19-30(26)41-36(32)39-34(38-35)22-12-4-3-5-13-22/h3-21H,1-2H3. The molecule has 194 valence electrons. The van der Waals surface area contributed by atoms with Gasteiger partial charge in [0.2, 0.25) is 0 Å². The molecule has 41 heavy (non-hydrogen) atoms. The van der Waals surface area contributed by atoms with Gasteiger partial charge in [-0.25, -0.2) is 9.97 Å². The van der Waals surface area contributed by atoms with E-state index in [2.05, 4.69) is 128 Å². The van der Waals surface area contributed by atoms with Crippen LogP contribution in [0.1, 0.15) is 25.0 Å². The van der Waals surface area contributed by atoms with Crippen molar-refractivity contribution in [3.05, 3.63) is 126 Å². The first-order chi connectivity index (χ1) is 20.1. The van der Waals surface area contributed by atoms with Crippen molar-refractivity contribution in [2.45, 2.75) is 19.3 Å². The summed E-state index contributed by atoms with van der Waals surface area (Å²) in [6, 6.07) is 41.2. The van der Waals surface area contributed by atoms with Gasteiger partial charge in [-0.05, 0) is 40.5 Å². The summed E-state index contributed by atoms with van der Waals surface area (Å²) in [4.78, 5) is 11.5. The van der Waals surface area contributed by atoms with Crippen LogP contribution in [0.25, 0.3) is 70.4 Å². The lowest BCUT2D eigenvalue weighted by atomic mass is 9.80. The smallest absolute Gasteiger partial charge is 0.163 e. The molecule has 0 aliphatic heterocycles. The second-order valence-corrected chi connectivity index (χ2v) is 12.5. The Labute approximate surface area is 241 Å². The molecular weight excluding hydrogens is 518 g/mol. The summed E-state index contributed by atoms with van der Waals surface area (Å²) in [5.41, 5.74) is 8.70. The lowest BCUT2D eigenvalue weighted by Crippen LogP contribution is -2.15. The van der Waals surface area contributed by atoms with Crippen LogP contribution in [0.2, 0.25) is 0 Å². The zero-order valence-corrected chi connectivity index (χ0v) is 23.5. The minimum absolute atomic E-state index is 0.119. The van der Waals surface area contributed by atoms with Gasteiger partial charge in [-0.15, -0.1) is 11.3 Å². The molecule has 4 heteroatoms. The molecule has 0 saturated heterocycles. The van der Waals surface area contributed by atoms with E-state index < -0.39 is 0 Å². The number of rotatable bonds is 2. The summed E-state index contributed by atoms with van der Waals surface area (Å²) in [6.07, 6.45) is 0. The van der Waals surface area contributed by atoms with Crippen LogP contribution in [-0.2, 0) is 5.41 Å². The van der Waals surface area contributed by atoms with Crippen molar-refractivity contribution in [1.29, 1.82) is 0 Å². The maximum atomic E-state index is 5.36. The molecule has 0 spiro atoms. The van der Waals surface area contributed by atoms with Crippen LogP contribution < -0.4 is 0 Å². The van der Waals surface area contributed by atoms with Crippen molar-refractivity contribution >= 4 is 53.4 Å². The largest absolute Gasteiger partial charge is 0.293 e. The average Bonchev–Trinajstić information content (AvgIpc) is 3.63. The predicted octanol–water partition coefficient (Wildman–Crippen LogP) is 9.91. The summed E-state index contributed by atoms with van der Waals surface area (Å²) in [6.45, 7) is 4.73. The van der Waals surface area contributed by atoms with Crippen molar-refractivity contribution < 1.29 is 0 Å². The number of thiophene rings is 1. The number of benzene rings is 5. The molecule has 0 atom stereocenters. The van der Waals surface area contributed by atoms with Crippen LogP contribution in [0.4, 0.5) is 0 Å². The topological polar surface area (TPSA) is 30.7 Å². The van der Waals surface area contributed by atoms with Crippen LogP contribution in [0.3, 0.4) is 0 Å². The van der Waals surface area contributed by atoms with E-state index in [-0.39, 0.29) is 5.41 Å². The molecule has 0 N–H and O–H groups in total. The third-order valence-corrected chi connectivity index (χ3v) is 9.88. The van der Waals surface area contributed by atoms with Crippen molar-refractivity contribution in [2.75, 3.05) is 0 Å². The number of nitrogens with zero attached hydrogens (tertiary/aromatic N) is 3. The van der Waals surface area contributed by atoms with Crippen molar-refractivity contribution in [3.8, 4) is 28.3 Å². The van der Waals surface area contributed by atoms with Crippen LogP contribution in [-0.4, -0.2) is 14.5 Å². The van der Waals surface area contributed by atoms with E-state index in [1.54, 1.807) is 11.3 Å². The summed E-state index contributed by atoms with van der Waals surface area (Å²) in [5, 5.41) is 4.87. The van der Waals surface area contributed by atoms with Gasteiger partial charge in [0.1, 0.15) is 4.83 Å². The Morgan fingerprint density at radius 1 is 0.610 bits per heavy atom. The summed E-state index contributed by atoms with van der Waals surface area (Å²) < 4.78 is 3.61. The third-order valence-electron chi connectivity index (χ3n) is 8.82. The van der Waals surface area contributed by atoms with Gasteiger partial charge >= 0.3 is 0 Å². The highest BCUT2D eigenvalue weighted by molar-refractivity contribution is 7.25. The van der Waals surface area contributed by atoms with Gasteiger partial charge < -0.3 is 0 Å². The molecule has 5 aromatic carbocycles.